The van der Waals surface area contributed by atoms with Crippen LogP contribution in [0, 0.1) is 11.8 Å². The molecule has 1 unspecified atom stereocenters. The Morgan fingerprint density at radius 1 is 0.800 bits per heavy atom. The molecule has 1 saturated heterocycles. The van der Waals surface area contributed by atoms with Crippen molar-refractivity contribution < 1.29 is 0 Å². The van der Waals surface area contributed by atoms with Gasteiger partial charge in [0.2, 0.25) is 0 Å². The van der Waals surface area contributed by atoms with Crippen LogP contribution >= 0.6 is 12.4 Å². The molecule has 0 spiro atoms. The van der Waals surface area contributed by atoms with Crippen LogP contribution in [0.15, 0.2) is 0 Å². The van der Waals surface area contributed by atoms with Crippen LogP contribution in [0.3, 0.4) is 0 Å². The summed E-state index contributed by atoms with van der Waals surface area (Å²) in [7, 11) is 0. The number of nitrogens with one attached hydrogen (secondary N) is 1. The SMILES string of the molecule is C1CCCC(CC2CCCNC2)CC1.Cl. The lowest BCUT2D eigenvalue weighted by Crippen LogP contribution is -2.30. The van der Waals surface area contributed by atoms with Gasteiger partial charge in [-0.15, -0.1) is 12.4 Å². The van der Waals surface area contributed by atoms with Gasteiger partial charge in [-0.25, -0.2) is 0 Å². The van der Waals surface area contributed by atoms with Gasteiger partial charge in [-0.2, -0.15) is 0 Å². The monoisotopic (exact) mass is 231 g/mol. The first kappa shape index (κ1) is 13.3. The van der Waals surface area contributed by atoms with Crippen molar-refractivity contribution in [1.29, 1.82) is 0 Å². The normalized spacial score (nSPS) is 29.2. The molecule has 0 aromatic carbocycles. The first-order valence-electron chi connectivity index (χ1n) is 6.66. The van der Waals surface area contributed by atoms with Crippen molar-refractivity contribution in [3.05, 3.63) is 0 Å². The first-order chi connectivity index (χ1) is 6.95. The smallest absolute Gasteiger partial charge is 0.00204 e. The van der Waals surface area contributed by atoms with Crippen LogP contribution < -0.4 is 5.32 Å². The molecule has 2 aliphatic rings. The largest absolute Gasteiger partial charge is 0.316 e. The molecule has 1 heterocycles. The predicted octanol–water partition coefficient (Wildman–Crippen LogP) is 3.77. The molecular weight excluding hydrogens is 206 g/mol. The quantitative estimate of drug-likeness (QED) is 0.714. The van der Waals surface area contributed by atoms with Gasteiger partial charge in [-0.1, -0.05) is 38.5 Å². The van der Waals surface area contributed by atoms with Gasteiger partial charge in [0.15, 0.2) is 0 Å². The summed E-state index contributed by atoms with van der Waals surface area (Å²) in [6, 6.07) is 0. The van der Waals surface area contributed by atoms with Gasteiger partial charge in [0.1, 0.15) is 0 Å². The van der Waals surface area contributed by atoms with E-state index < -0.39 is 0 Å². The Hall–Kier alpha value is 0.250. The Balaban J connectivity index is 0.00000112. The Labute approximate surface area is 101 Å². The summed E-state index contributed by atoms with van der Waals surface area (Å²) in [4.78, 5) is 0. The zero-order valence-electron chi connectivity index (χ0n) is 9.84. The maximum atomic E-state index is 3.54. The van der Waals surface area contributed by atoms with Crippen LogP contribution in [-0.4, -0.2) is 13.1 Å². The van der Waals surface area contributed by atoms with Gasteiger partial charge >= 0.3 is 0 Å². The molecule has 0 bridgehead atoms. The fourth-order valence-electron chi connectivity index (χ4n) is 3.20. The topological polar surface area (TPSA) is 12.0 Å². The predicted molar refractivity (Wildman–Crippen MR) is 68.7 cm³/mol. The summed E-state index contributed by atoms with van der Waals surface area (Å²) in [6.45, 7) is 2.57. The lowest BCUT2D eigenvalue weighted by Gasteiger charge is -2.26. The van der Waals surface area contributed by atoms with E-state index >= 15 is 0 Å². The molecule has 0 aromatic heterocycles. The first-order valence-corrected chi connectivity index (χ1v) is 6.66. The summed E-state index contributed by atoms with van der Waals surface area (Å²) in [6.07, 6.45) is 13.5. The second-order valence-electron chi connectivity index (χ2n) is 5.31. The van der Waals surface area contributed by atoms with Crippen molar-refractivity contribution >= 4 is 12.4 Å². The third kappa shape index (κ3) is 4.74. The molecule has 2 rings (SSSR count). The highest BCUT2D eigenvalue weighted by Crippen LogP contribution is 2.30. The molecule has 15 heavy (non-hydrogen) atoms. The summed E-state index contributed by atoms with van der Waals surface area (Å²) in [5.74, 6) is 2.08. The molecule has 1 atom stereocenters. The average molecular weight is 232 g/mol. The third-order valence-electron chi connectivity index (χ3n) is 4.04. The van der Waals surface area contributed by atoms with Crippen molar-refractivity contribution in [3.8, 4) is 0 Å². The molecule has 1 nitrogen and oxygen atoms in total. The molecule has 90 valence electrons. The lowest BCUT2D eigenvalue weighted by molar-refractivity contribution is 0.285. The summed E-state index contributed by atoms with van der Waals surface area (Å²) >= 11 is 0. The van der Waals surface area contributed by atoms with E-state index in [0.717, 1.165) is 11.8 Å². The van der Waals surface area contributed by atoms with E-state index in [2.05, 4.69) is 5.32 Å². The van der Waals surface area contributed by atoms with Gasteiger partial charge < -0.3 is 5.32 Å². The summed E-state index contributed by atoms with van der Waals surface area (Å²) in [5, 5.41) is 3.54. The van der Waals surface area contributed by atoms with Crippen LogP contribution in [0.4, 0.5) is 0 Å². The van der Waals surface area contributed by atoms with Gasteiger partial charge in [-0.3, -0.25) is 0 Å². The number of piperidine rings is 1. The number of rotatable bonds is 2. The van der Waals surface area contributed by atoms with Crippen LogP contribution in [0.5, 0.6) is 0 Å². The molecule has 0 radical (unpaired) electrons. The number of hydrogen-bond donors (Lipinski definition) is 1. The average Bonchev–Trinajstić information content (AvgIpc) is 2.48. The Morgan fingerprint density at radius 3 is 2.07 bits per heavy atom. The highest BCUT2D eigenvalue weighted by molar-refractivity contribution is 5.85. The summed E-state index contributed by atoms with van der Waals surface area (Å²) < 4.78 is 0. The molecule has 1 aliphatic carbocycles. The van der Waals surface area contributed by atoms with E-state index in [0.29, 0.717) is 0 Å². The van der Waals surface area contributed by atoms with Crippen LogP contribution in [0.25, 0.3) is 0 Å². The van der Waals surface area contributed by atoms with E-state index in [9.17, 15) is 0 Å². The molecule has 0 aromatic rings. The maximum absolute atomic E-state index is 3.54. The fourth-order valence-corrected chi connectivity index (χ4v) is 3.20. The van der Waals surface area contributed by atoms with Crippen LogP contribution in [-0.2, 0) is 0 Å². The Kier molecular flexibility index (Phi) is 6.67. The number of halogens is 1. The van der Waals surface area contributed by atoms with Gasteiger partial charge in [0, 0.05) is 0 Å². The number of hydrogen-bond acceptors (Lipinski definition) is 1. The van der Waals surface area contributed by atoms with Gasteiger partial charge in [-0.05, 0) is 44.2 Å². The zero-order valence-corrected chi connectivity index (χ0v) is 10.7. The molecule has 1 N–H and O–H groups in total. The molecule has 1 saturated carbocycles. The Bertz CT molecular complexity index is 147. The second kappa shape index (κ2) is 7.51. The minimum atomic E-state index is 0. The van der Waals surface area contributed by atoms with Crippen molar-refractivity contribution in [2.45, 2.75) is 57.8 Å². The lowest BCUT2D eigenvalue weighted by atomic mass is 9.85. The van der Waals surface area contributed by atoms with Gasteiger partial charge in [0.25, 0.3) is 0 Å². The molecule has 2 fully saturated rings. The standard InChI is InChI=1S/C13H25N.ClH/c1-2-4-7-12(6-3-1)10-13-8-5-9-14-11-13;/h12-14H,1-11H2;1H. The van der Waals surface area contributed by atoms with Crippen LogP contribution in [0.2, 0.25) is 0 Å². The summed E-state index contributed by atoms with van der Waals surface area (Å²) in [5.41, 5.74) is 0. The van der Waals surface area contributed by atoms with Crippen molar-refractivity contribution in [3.63, 3.8) is 0 Å². The highest BCUT2D eigenvalue weighted by atomic mass is 35.5. The Morgan fingerprint density at radius 2 is 1.47 bits per heavy atom. The van der Waals surface area contributed by atoms with E-state index in [1.807, 2.05) is 0 Å². The molecule has 0 amide bonds. The highest BCUT2D eigenvalue weighted by Gasteiger charge is 2.19. The van der Waals surface area contributed by atoms with E-state index in [1.54, 1.807) is 0 Å². The fraction of sp³-hybridized carbons (Fsp3) is 1.00. The second-order valence-corrected chi connectivity index (χ2v) is 5.31. The third-order valence-corrected chi connectivity index (χ3v) is 4.04. The molecule has 2 heteroatoms. The minimum absolute atomic E-state index is 0. The molecule has 1 aliphatic heterocycles. The maximum Gasteiger partial charge on any atom is -0.00204 e. The zero-order chi connectivity index (χ0) is 9.64. The van der Waals surface area contributed by atoms with Crippen molar-refractivity contribution in [1.82, 2.24) is 5.32 Å². The minimum Gasteiger partial charge on any atom is -0.316 e. The van der Waals surface area contributed by atoms with Crippen molar-refractivity contribution in [2.75, 3.05) is 13.1 Å². The van der Waals surface area contributed by atoms with Crippen LogP contribution in [0.1, 0.15) is 57.8 Å². The van der Waals surface area contributed by atoms with Crippen molar-refractivity contribution in [2.24, 2.45) is 11.8 Å². The molecular formula is C13H26ClN. The van der Waals surface area contributed by atoms with E-state index in [1.165, 1.54) is 70.9 Å². The van der Waals surface area contributed by atoms with Gasteiger partial charge in [0.05, 0.1) is 0 Å². The van der Waals surface area contributed by atoms with E-state index in [4.69, 9.17) is 0 Å². The van der Waals surface area contributed by atoms with E-state index in [-0.39, 0.29) is 12.4 Å².